The molecule has 0 unspecified atom stereocenters. The zero-order valence-corrected chi connectivity index (χ0v) is 16.0. The summed E-state index contributed by atoms with van der Waals surface area (Å²) in [6.45, 7) is 0.567. The molecule has 0 saturated carbocycles. The highest BCUT2D eigenvalue weighted by molar-refractivity contribution is 8.00. The molecule has 2 aromatic carbocycles. The first kappa shape index (κ1) is 19.0. The van der Waals surface area contributed by atoms with Crippen LogP contribution < -0.4 is 4.74 Å². The molecule has 2 aliphatic rings. The van der Waals surface area contributed by atoms with E-state index in [2.05, 4.69) is 0 Å². The lowest BCUT2D eigenvalue weighted by Gasteiger charge is -2.50. The third-order valence-electron chi connectivity index (χ3n) is 5.27. The molecule has 2 aromatic rings. The molecule has 1 saturated heterocycles. The van der Waals surface area contributed by atoms with Crippen LogP contribution in [0.2, 0.25) is 5.02 Å². The van der Waals surface area contributed by atoms with Gasteiger partial charge < -0.3 is 14.6 Å². The molecule has 2 heterocycles. The predicted octanol–water partition coefficient (Wildman–Crippen LogP) is 4.79. The van der Waals surface area contributed by atoms with Crippen LogP contribution in [0.4, 0.5) is 8.78 Å². The summed E-state index contributed by atoms with van der Waals surface area (Å²) in [5.74, 6) is -1.28. The number of aliphatic hydroxyl groups is 1. The molecule has 0 amide bonds. The van der Waals surface area contributed by atoms with Gasteiger partial charge in [-0.1, -0.05) is 11.6 Å². The Morgan fingerprint density at radius 2 is 1.89 bits per heavy atom. The Hall–Kier alpha value is -1.34. The third-order valence-corrected chi connectivity index (χ3v) is 7.10. The molecule has 1 N–H and O–H groups in total. The molecule has 0 aromatic heterocycles. The van der Waals surface area contributed by atoms with Crippen LogP contribution >= 0.6 is 23.4 Å². The standard InChI is InChI=1S/C20H19ClF2O3S/c21-12-1-3-13(4-2-12)27-20-8-10-25-17(7-9-24)14(20)11-26-19-16(23)6-5-15(22)18(19)20/h1-6,14,17,24H,7-11H2/t14-,17-,20-/m1/s1. The lowest BCUT2D eigenvalue weighted by Crippen LogP contribution is -2.52. The molecule has 2 aliphatic heterocycles. The van der Waals surface area contributed by atoms with Gasteiger partial charge in [0.05, 0.1) is 17.5 Å². The zero-order valence-electron chi connectivity index (χ0n) is 14.5. The van der Waals surface area contributed by atoms with Crippen molar-refractivity contribution >= 4 is 23.4 Å². The molecule has 0 radical (unpaired) electrons. The summed E-state index contributed by atoms with van der Waals surface area (Å²) in [6, 6.07) is 9.56. The minimum atomic E-state index is -0.744. The van der Waals surface area contributed by atoms with Gasteiger partial charge in [-0.25, -0.2) is 8.78 Å². The summed E-state index contributed by atoms with van der Waals surface area (Å²) >= 11 is 7.49. The molecule has 3 atom stereocenters. The first-order chi connectivity index (χ1) is 13.0. The second kappa shape index (κ2) is 7.59. The SMILES string of the molecule is OCC[C@H]1OCC[C@]2(Sc3ccc(Cl)cc3)c3c(F)ccc(F)c3OC[C@H]12. The minimum absolute atomic E-state index is 0.0163. The summed E-state index contributed by atoms with van der Waals surface area (Å²) in [5.41, 5.74) is 0.255. The van der Waals surface area contributed by atoms with Gasteiger partial charge in [0.25, 0.3) is 0 Å². The van der Waals surface area contributed by atoms with Crippen molar-refractivity contribution in [3.8, 4) is 5.75 Å². The fourth-order valence-electron chi connectivity index (χ4n) is 4.06. The molecule has 0 aliphatic carbocycles. The van der Waals surface area contributed by atoms with E-state index in [1.807, 2.05) is 12.1 Å². The second-order valence-electron chi connectivity index (χ2n) is 6.77. The van der Waals surface area contributed by atoms with E-state index in [4.69, 9.17) is 21.1 Å². The molecular formula is C20H19ClF2O3S. The first-order valence-corrected chi connectivity index (χ1v) is 10.0. The van der Waals surface area contributed by atoms with Crippen molar-refractivity contribution in [1.82, 2.24) is 0 Å². The Bertz CT molecular complexity index is 831. The number of hydrogen-bond donors (Lipinski definition) is 1. The van der Waals surface area contributed by atoms with E-state index in [0.29, 0.717) is 24.5 Å². The van der Waals surface area contributed by atoms with Crippen molar-refractivity contribution < 1.29 is 23.4 Å². The van der Waals surface area contributed by atoms with Gasteiger partial charge in [-0.2, -0.15) is 0 Å². The van der Waals surface area contributed by atoms with Crippen LogP contribution in [-0.4, -0.2) is 31.0 Å². The lowest BCUT2D eigenvalue weighted by atomic mass is 9.75. The molecule has 1 fully saturated rings. The first-order valence-electron chi connectivity index (χ1n) is 8.83. The highest BCUT2D eigenvalue weighted by Gasteiger charge is 2.54. The Labute approximate surface area is 165 Å². The van der Waals surface area contributed by atoms with Crippen LogP contribution in [0.5, 0.6) is 5.75 Å². The van der Waals surface area contributed by atoms with Gasteiger partial charge in [0.2, 0.25) is 0 Å². The summed E-state index contributed by atoms with van der Waals surface area (Å²) in [5, 5.41) is 10.0. The highest BCUT2D eigenvalue weighted by atomic mass is 35.5. The summed E-state index contributed by atoms with van der Waals surface area (Å²) in [7, 11) is 0. The van der Waals surface area contributed by atoms with Crippen molar-refractivity contribution in [3.05, 3.63) is 58.6 Å². The maximum atomic E-state index is 15.0. The van der Waals surface area contributed by atoms with Gasteiger partial charge in [0.1, 0.15) is 5.82 Å². The molecule has 3 nitrogen and oxygen atoms in total. The lowest BCUT2D eigenvalue weighted by molar-refractivity contribution is -0.0783. The topological polar surface area (TPSA) is 38.7 Å². The van der Waals surface area contributed by atoms with Crippen LogP contribution in [0.25, 0.3) is 0 Å². The van der Waals surface area contributed by atoms with Gasteiger partial charge in [-0.3, -0.25) is 0 Å². The minimum Gasteiger partial charge on any atom is -0.490 e. The van der Waals surface area contributed by atoms with Gasteiger partial charge in [-0.05, 0) is 49.2 Å². The Balaban J connectivity index is 1.86. The molecule has 0 bridgehead atoms. The van der Waals surface area contributed by atoms with Crippen molar-refractivity contribution in [2.24, 2.45) is 5.92 Å². The number of fused-ring (bicyclic) bond motifs is 3. The Morgan fingerprint density at radius 1 is 1.15 bits per heavy atom. The summed E-state index contributed by atoms with van der Waals surface area (Å²) in [4.78, 5) is 0.908. The van der Waals surface area contributed by atoms with Crippen LogP contribution in [0.1, 0.15) is 18.4 Å². The number of benzene rings is 2. The molecule has 7 heteroatoms. The fraction of sp³-hybridized carbons (Fsp3) is 0.400. The average molecular weight is 413 g/mol. The van der Waals surface area contributed by atoms with E-state index in [1.165, 1.54) is 11.8 Å². The number of halogens is 3. The van der Waals surface area contributed by atoms with E-state index >= 15 is 0 Å². The quantitative estimate of drug-likeness (QED) is 0.784. The maximum Gasteiger partial charge on any atom is 0.165 e. The molecule has 4 rings (SSSR count). The number of thioether (sulfide) groups is 1. The van der Waals surface area contributed by atoms with Crippen LogP contribution in [-0.2, 0) is 9.48 Å². The smallest absolute Gasteiger partial charge is 0.165 e. The average Bonchev–Trinajstić information content (AvgIpc) is 2.66. The van der Waals surface area contributed by atoms with E-state index < -0.39 is 16.4 Å². The zero-order chi connectivity index (χ0) is 19.0. The number of rotatable bonds is 4. The summed E-state index contributed by atoms with van der Waals surface area (Å²) in [6.07, 6.45) is 0.645. The third kappa shape index (κ3) is 3.33. The van der Waals surface area contributed by atoms with Crippen molar-refractivity contribution in [1.29, 1.82) is 0 Å². The van der Waals surface area contributed by atoms with Crippen molar-refractivity contribution in [2.45, 2.75) is 28.6 Å². The van der Waals surface area contributed by atoms with Crippen molar-refractivity contribution in [3.63, 3.8) is 0 Å². The number of aliphatic hydroxyl groups excluding tert-OH is 1. The normalized spacial score (nSPS) is 26.8. The van der Waals surface area contributed by atoms with Gasteiger partial charge in [0, 0.05) is 34.6 Å². The monoisotopic (exact) mass is 412 g/mol. The van der Waals surface area contributed by atoms with Crippen LogP contribution in [0.15, 0.2) is 41.3 Å². The van der Waals surface area contributed by atoms with Crippen LogP contribution in [0.3, 0.4) is 0 Å². The second-order valence-corrected chi connectivity index (χ2v) is 8.61. The van der Waals surface area contributed by atoms with Crippen LogP contribution in [0, 0.1) is 17.6 Å². The summed E-state index contributed by atoms with van der Waals surface area (Å²) < 4.78 is 40.2. The Morgan fingerprint density at radius 3 is 2.63 bits per heavy atom. The predicted molar refractivity (Wildman–Crippen MR) is 100 cm³/mol. The molecule has 0 spiro atoms. The number of ether oxygens (including phenoxy) is 2. The van der Waals surface area contributed by atoms with Gasteiger partial charge >= 0.3 is 0 Å². The van der Waals surface area contributed by atoms with E-state index in [-0.39, 0.29) is 36.5 Å². The largest absolute Gasteiger partial charge is 0.490 e. The van der Waals surface area contributed by atoms with Crippen molar-refractivity contribution in [2.75, 3.05) is 19.8 Å². The Kier molecular flexibility index (Phi) is 5.34. The molecule has 27 heavy (non-hydrogen) atoms. The van der Waals surface area contributed by atoms with E-state index in [1.54, 1.807) is 12.1 Å². The van der Waals surface area contributed by atoms with E-state index in [0.717, 1.165) is 17.0 Å². The van der Waals surface area contributed by atoms with Gasteiger partial charge in [0.15, 0.2) is 11.6 Å². The van der Waals surface area contributed by atoms with Gasteiger partial charge in [-0.15, -0.1) is 11.8 Å². The molecular weight excluding hydrogens is 394 g/mol. The number of hydrogen-bond acceptors (Lipinski definition) is 4. The molecule has 144 valence electrons. The van der Waals surface area contributed by atoms with E-state index in [9.17, 15) is 13.9 Å². The maximum absolute atomic E-state index is 15.0. The highest BCUT2D eigenvalue weighted by Crippen LogP contribution is 2.59. The fourth-order valence-corrected chi connectivity index (χ4v) is 5.73.